The molecule has 2 rings (SSSR count). The van der Waals surface area contributed by atoms with E-state index in [4.69, 9.17) is 58.7 Å². The van der Waals surface area contributed by atoms with Crippen molar-refractivity contribution in [3.8, 4) is 0 Å². The zero-order chi connectivity index (χ0) is 14.7. The van der Waals surface area contributed by atoms with Gasteiger partial charge in [-0.1, -0.05) is 48.5 Å². The van der Waals surface area contributed by atoms with Crippen LogP contribution in [0, 0.1) is 0 Å². The van der Waals surface area contributed by atoms with Crippen LogP contribution in [0.2, 0.25) is 0 Å². The molecular weight excluding hydrogens is 518 g/mol. The molecule has 0 N–H and O–H groups in total. The van der Waals surface area contributed by atoms with Crippen LogP contribution in [0.25, 0.3) is 0 Å². The summed E-state index contributed by atoms with van der Waals surface area (Å²) in [7, 11) is 0. The van der Waals surface area contributed by atoms with Gasteiger partial charge in [0.15, 0.2) is 0 Å². The van der Waals surface area contributed by atoms with Gasteiger partial charge >= 0.3 is 22.8 Å². The smallest absolute Gasteiger partial charge is 0.0395 e. The quantitative estimate of drug-likeness (QED) is 0.275. The molecule has 2 aromatic rings. The first kappa shape index (κ1) is 40.4. The maximum Gasteiger partial charge on any atom is -0.0395 e. The zero-order valence-electron chi connectivity index (χ0n) is 14.4. The number of hydrogen-bond donors (Lipinski definition) is 0. The molecule has 0 aliphatic carbocycles. The van der Waals surface area contributed by atoms with Crippen LogP contribution in [0.1, 0.15) is 0 Å². The van der Waals surface area contributed by atoms with Crippen LogP contribution < -0.4 is 4.25 Å². The van der Waals surface area contributed by atoms with E-state index in [1.807, 2.05) is 48.5 Å². The van der Waals surface area contributed by atoms with Gasteiger partial charge in [0.25, 0.3) is 0 Å². The van der Waals surface area contributed by atoms with Gasteiger partial charge in [0.1, 0.15) is 0 Å². The topological polar surface area (TPSA) is 40.1 Å². The van der Waals surface area contributed by atoms with Gasteiger partial charge < -0.3 is 50.5 Å². The molecule has 5 unspecified atom stereocenters. The van der Waals surface area contributed by atoms with E-state index in [1.165, 1.54) is 0 Å². The Hall–Kier alpha value is 1.72. The summed E-state index contributed by atoms with van der Waals surface area (Å²) in [6.07, 6.45) is 0. The maximum atomic E-state index is 8.31. The van der Waals surface area contributed by atoms with E-state index in [2.05, 4.69) is 0 Å². The van der Waals surface area contributed by atoms with E-state index in [-0.39, 0.29) is 49.5 Å². The summed E-state index contributed by atoms with van der Waals surface area (Å²) in [5, 5.41) is 0. The third-order valence-corrected chi connectivity index (χ3v) is 3.38. The standard InChI is InChI=1S/2C6H6S2.Ni.2O.5H3P/c2*7-5-3-1-2-4-6(5)8;;;;;;;;/h2*1-4,7-8H;;;;5*1H3/q;;;;-1;;;;;/p+1. The fourth-order valence-corrected chi connectivity index (χ4v) is 1.49. The van der Waals surface area contributed by atoms with Crippen molar-refractivity contribution in [2.75, 3.05) is 0 Å². The number of benzene rings is 2. The Morgan fingerprint density at radius 3 is 0.792 bits per heavy atom. The molecule has 2 nitrogen and oxygen atoms in total. The molecule has 0 amide bonds. The molecule has 0 saturated carbocycles. The first-order chi connectivity index (χ1) is 9.02. The van der Waals surface area contributed by atoms with Crippen LogP contribution in [-0.2, 0) is 69.1 Å². The second-order valence-electron chi connectivity index (χ2n) is 2.95. The van der Waals surface area contributed by atoms with E-state index in [1.54, 1.807) is 0 Å². The van der Waals surface area contributed by atoms with E-state index in [0.29, 0.717) is 0 Å². The number of hydrogen-bond acceptors (Lipinski definition) is 6. The summed E-state index contributed by atoms with van der Waals surface area (Å²) in [5.41, 5.74) is 0. The summed E-state index contributed by atoms with van der Waals surface area (Å²) >= 11 is 18.5. The van der Waals surface area contributed by atoms with Crippen LogP contribution in [0.3, 0.4) is 0 Å². The Bertz CT molecular complexity index is 441. The van der Waals surface area contributed by atoms with Crippen molar-refractivity contribution in [3.63, 3.8) is 0 Å². The minimum absolute atomic E-state index is 0. The molecule has 0 aliphatic heterocycles. The normalized spacial score (nSPS) is 6.88. The van der Waals surface area contributed by atoms with Gasteiger partial charge in [0.2, 0.25) is 0 Å². The average molecular weight is 546 g/mol. The SMILES string of the molecule is [O]=[Ni][O-].[PH4+].[PH4+].[PH4+].[PH4+].[PH4+].[S-]c1ccccc1[S-].[S-]c1ccccc1[S-]. The first-order valence-electron chi connectivity index (χ1n) is 4.73. The average Bonchev–Trinajstić information content (AvgIpc) is 2.38. The third-order valence-electron chi connectivity index (χ3n) is 1.70. The molecule has 0 radical (unpaired) electrons. The number of rotatable bonds is 0. The van der Waals surface area contributed by atoms with Crippen molar-refractivity contribution in [2.45, 2.75) is 19.6 Å². The molecule has 0 aliphatic rings. The van der Waals surface area contributed by atoms with Crippen molar-refractivity contribution in [3.05, 3.63) is 48.5 Å². The van der Waals surface area contributed by atoms with Crippen LogP contribution in [0.5, 0.6) is 0 Å². The molecule has 24 heavy (non-hydrogen) atoms. The summed E-state index contributed by atoms with van der Waals surface area (Å²) in [6.45, 7) is 0. The summed E-state index contributed by atoms with van der Waals surface area (Å²) in [4.78, 5) is 3.06. The van der Waals surface area contributed by atoms with Crippen molar-refractivity contribution >= 4 is 100 Å². The zero-order valence-corrected chi connectivity index (χ0v) is 28.6. The van der Waals surface area contributed by atoms with Crippen LogP contribution in [-0.4, -0.2) is 0 Å². The van der Waals surface area contributed by atoms with Crippen LogP contribution in [0.15, 0.2) is 68.1 Å². The molecule has 2 aromatic carbocycles. The summed E-state index contributed by atoms with van der Waals surface area (Å²) < 4.78 is 16.6. The Morgan fingerprint density at radius 2 is 0.708 bits per heavy atom. The van der Waals surface area contributed by atoms with E-state index < -0.39 is 14.7 Å². The van der Waals surface area contributed by atoms with E-state index in [0.717, 1.165) is 19.6 Å². The third kappa shape index (κ3) is 21.8. The van der Waals surface area contributed by atoms with Gasteiger partial charge in [0.05, 0.1) is 0 Å². The summed E-state index contributed by atoms with van der Waals surface area (Å²) in [5.74, 6) is 0. The molecule has 5 atom stereocenters. The van der Waals surface area contributed by atoms with Gasteiger partial charge in [0, 0.05) is 0 Å². The second kappa shape index (κ2) is 26.9. The monoisotopic (exact) mass is 545 g/mol. The summed E-state index contributed by atoms with van der Waals surface area (Å²) in [6, 6.07) is 14.9. The molecule has 0 spiro atoms. The molecule has 0 fully saturated rings. The van der Waals surface area contributed by atoms with Gasteiger partial charge in [-0.3, -0.25) is 0 Å². The Balaban J connectivity index is -0.0000000493. The fourth-order valence-electron chi connectivity index (χ4n) is 0.900. The molecule has 0 aromatic heterocycles. The van der Waals surface area contributed by atoms with Crippen LogP contribution >= 0.6 is 49.5 Å². The fraction of sp³-hybridized carbons (Fsp3) is 0. The van der Waals surface area contributed by atoms with Crippen molar-refractivity contribution in [2.24, 2.45) is 0 Å². The Morgan fingerprint density at radius 1 is 0.583 bits per heavy atom. The predicted molar refractivity (Wildman–Crippen MR) is 139 cm³/mol. The minimum atomic E-state index is -0.875. The molecule has 12 heteroatoms. The van der Waals surface area contributed by atoms with Gasteiger partial charge in [-0.15, -0.1) is 0 Å². The molecule has 147 valence electrons. The Labute approximate surface area is 189 Å². The maximum absolute atomic E-state index is 8.31. The first-order valence-corrected chi connectivity index (χ1v) is 7.17. The molecule has 0 heterocycles. The van der Waals surface area contributed by atoms with Crippen molar-refractivity contribution in [1.29, 1.82) is 0 Å². The predicted octanol–water partition coefficient (Wildman–Crippen LogP) is 0.638. The van der Waals surface area contributed by atoms with Crippen molar-refractivity contribution < 1.29 is 22.8 Å². The second-order valence-corrected chi connectivity index (χ2v) is 4.87. The molecule has 0 saturated heterocycles. The molecule has 0 bridgehead atoms. The van der Waals surface area contributed by atoms with E-state index in [9.17, 15) is 0 Å². The van der Waals surface area contributed by atoms with E-state index >= 15 is 0 Å². The Kier molecular flexibility index (Phi) is 45.4. The van der Waals surface area contributed by atoms with Gasteiger partial charge in [-0.05, 0) is 49.5 Å². The van der Waals surface area contributed by atoms with Crippen LogP contribution in [0.4, 0.5) is 0 Å². The minimum Gasteiger partial charge on any atom is -0.781 e. The largest absolute Gasteiger partial charge is 0.781 e. The molecular formula is C12H28NiO2P5S4. The van der Waals surface area contributed by atoms with Gasteiger partial charge in [-0.2, -0.15) is 19.6 Å². The van der Waals surface area contributed by atoms with Crippen molar-refractivity contribution in [1.82, 2.24) is 0 Å². The van der Waals surface area contributed by atoms with Gasteiger partial charge in [-0.25, -0.2) is 0 Å².